The van der Waals surface area contributed by atoms with E-state index in [0.29, 0.717) is 24.3 Å². The van der Waals surface area contributed by atoms with Crippen molar-refractivity contribution in [2.75, 3.05) is 14.2 Å². The quantitative estimate of drug-likeness (QED) is 0.867. The number of carbonyl (C=O) groups is 1. The topological polar surface area (TPSA) is 68.2 Å². The number of benzene rings is 1. The Morgan fingerprint density at radius 3 is 2.30 bits per heavy atom. The lowest BCUT2D eigenvalue weighted by Gasteiger charge is -2.52. The van der Waals surface area contributed by atoms with Gasteiger partial charge in [-0.3, -0.25) is 0 Å². The summed E-state index contributed by atoms with van der Waals surface area (Å²) in [4.78, 5) is 14.6. The summed E-state index contributed by atoms with van der Waals surface area (Å²) in [6.07, 6.45) is 3.43. The number of ether oxygens (including phenoxy) is 3. The fourth-order valence-corrected chi connectivity index (χ4v) is 4.44. The van der Waals surface area contributed by atoms with Gasteiger partial charge in [0.15, 0.2) is 0 Å². The zero-order chi connectivity index (χ0) is 19.8. The van der Waals surface area contributed by atoms with E-state index in [1.807, 2.05) is 43.9 Å². The maximum Gasteiger partial charge on any atom is 0.410 e. The van der Waals surface area contributed by atoms with E-state index in [1.54, 1.807) is 14.2 Å². The molecule has 2 unspecified atom stereocenters. The van der Waals surface area contributed by atoms with Gasteiger partial charge in [-0.05, 0) is 58.2 Å². The smallest absolute Gasteiger partial charge is 0.410 e. The fourth-order valence-electron chi connectivity index (χ4n) is 4.44. The monoisotopic (exact) mass is 377 g/mol. The zero-order valence-electron chi connectivity index (χ0n) is 16.9. The van der Waals surface area contributed by atoms with Crippen LogP contribution in [-0.4, -0.2) is 48.0 Å². The first-order chi connectivity index (χ1) is 12.7. The van der Waals surface area contributed by atoms with E-state index in [2.05, 4.69) is 0 Å². The number of nitrogens with zero attached hydrogens (tertiary/aromatic N) is 1. The first-order valence-corrected chi connectivity index (χ1v) is 9.63. The lowest BCUT2D eigenvalue weighted by atomic mass is 9.72. The second kappa shape index (κ2) is 7.23. The van der Waals surface area contributed by atoms with E-state index in [4.69, 9.17) is 14.2 Å². The number of aliphatic hydroxyl groups is 1. The molecule has 2 aliphatic heterocycles. The van der Waals surface area contributed by atoms with Gasteiger partial charge in [0.25, 0.3) is 0 Å². The molecule has 0 spiro atoms. The van der Waals surface area contributed by atoms with E-state index in [0.717, 1.165) is 24.8 Å². The highest BCUT2D eigenvalue weighted by molar-refractivity contribution is 5.69. The molecule has 2 fully saturated rings. The van der Waals surface area contributed by atoms with Crippen LogP contribution in [0, 0.1) is 0 Å². The predicted octanol–water partition coefficient (Wildman–Crippen LogP) is 3.84. The van der Waals surface area contributed by atoms with Crippen molar-refractivity contribution in [3.63, 3.8) is 0 Å². The Bertz CT molecular complexity index is 682. The van der Waals surface area contributed by atoms with E-state index in [9.17, 15) is 9.90 Å². The Balaban J connectivity index is 1.91. The second-order valence-corrected chi connectivity index (χ2v) is 8.63. The van der Waals surface area contributed by atoms with Crippen LogP contribution in [0.1, 0.15) is 58.4 Å². The highest BCUT2D eigenvalue weighted by atomic mass is 16.6. The number of carbonyl (C=O) groups excluding carboxylic acids is 1. The van der Waals surface area contributed by atoms with Gasteiger partial charge in [0.2, 0.25) is 0 Å². The lowest BCUT2D eigenvalue weighted by molar-refractivity contribution is -0.0972. The molecule has 1 aromatic rings. The molecule has 2 heterocycles. The van der Waals surface area contributed by atoms with Gasteiger partial charge >= 0.3 is 6.09 Å². The summed E-state index contributed by atoms with van der Waals surface area (Å²) in [5.74, 6) is 1.32. The van der Waals surface area contributed by atoms with Crippen LogP contribution in [0.4, 0.5) is 4.79 Å². The van der Waals surface area contributed by atoms with Crippen LogP contribution in [0.25, 0.3) is 0 Å². The number of piperidine rings is 2. The summed E-state index contributed by atoms with van der Waals surface area (Å²) in [6, 6.07) is 5.39. The molecule has 2 aliphatic rings. The van der Waals surface area contributed by atoms with Crippen LogP contribution < -0.4 is 9.47 Å². The molecule has 0 saturated carbocycles. The van der Waals surface area contributed by atoms with Gasteiger partial charge in [-0.15, -0.1) is 0 Å². The Hall–Kier alpha value is -1.95. The van der Waals surface area contributed by atoms with Crippen molar-refractivity contribution in [2.45, 2.75) is 76.2 Å². The Morgan fingerprint density at radius 2 is 1.78 bits per heavy atom. The standard InChI is InChI=1S/C21H31NO5/c1-20(2,3)27-19(23)22-14-7-6-8-15(22)13-21(24,12-14)17-11-16(25-4)9-10-18(17)26-5/h9-11,14-15,24H,6-8,12-13H2,1-5H3. The first kappa shape index (κ1) is 19.8. The molecule has 150 valence electrons. The van der Waals surface area contributed by atoms with Crippen molar-refractivity contribution >= 4 is 6.09 Å². The third-order valence-electron chi connectivity index (χ3n) is 5.52. The molecule has 1 amide bonds. The maximum atomic E-state index is 12.8. The van der Waals surface area contributed by atoms with E-state index in [-0.39, 0.29) is 18.2 Å². The molecule has 0 radical (unpaired) electrons. The van der Waals surface area contributed by atoms with Crippen molar-refractivity contribution in [3.8, 4) is 11.5 Å². The molecule has 0 aromatic heterocycles. The van der Waals surface area contributed by atoms with Crippen LogP contribution in [0.15, 0.2) is 18.2 Å². The minimum atomic E-state index is -1.06. The van der Waals surface area contributed by atoms with Gasteiger partial charge < -0.3 is 24.2 Å². The zero-order valence-corrected chi connectivity index (χ0v) is 16.9. The summed E-state index contributed by atoms with van der Waals surface area (Å²) in [6.45, 7) is 5.63. The number of rotatable bonds is 3. The molecule has 2 bridgehead atoms. The molecular weight excluding hydrogens is 346 g/mol. The van der Waals surface area contributed by atoms with Crippen LogP contribution >= 0.6 is 0 Å². The minimum absolute atomic E-state index is 0.0479. The Labute approximate surface area is 161 Å². The summed E-state index contributed by atoms with van der Waals surface area (Å²) in [7, 11) is 3.21. The van der Waals surface area contributed by atoms with Crippen molar-refractivity contribution in [3.05, 3.63) is 23.8 Å². The van der Waals surface area contributed by atoms with Crippen LogP contribution in [0.3, 0.4) is 0 Å². The summed E-state index contributed by atoms with van der Waals surface area (Å²) in [5.41, 5.74) is -0.867. The van der Waals surface area contributed by atoms with Crippen molar-refractivity contribution in [2.24, 2.45) is 0 Å². The fraction of sp³-hybridized carbons (Fsp3) is 0.667. The molecule has 6 heteroatoms. The van der Waals surface area contributed by atoms with Crippen molar-refractivity contribution in [1.82, 2.24) is 4.90 Å². The normalized spacial score (nSPS) is 27.9. The maximum absolute atomic E-state index is 12.8. The van der Waals surface area contributed by atoms with Gasteiger partial charge in [0.05, 0.1) is 19.8 Å². The molecule has 0 aliphatic carbocycles. The van der Waals surface area contributed by atoms with Crippen LogP contribution in [0.2, 0.25) is 0 Å². The number of amides is 1. The average molecular weight is 377 g/mol. The van der Waals surface area contributed by atoms with Gasteiger partial charge in [-0.2, -0.15) is 0 Å². The van der Waals surface area contributed by atoms with E-state index < -0.39 is 11.2 Å². The molecule has 3 rings (SSSR count). The Kier molecular flexibility index (Phi) is 5.30. The summed E-state index contributed by atoms with van der Waals surface area (Å²) >= 11 is 0. The number of methoxy groups -OCH3 is 2. The van der Waals surface area contributed by atoms with E-state index >= 15 is 0 Å². The number of hydrogen-bond acceptors (Lipinski definition) is 5. The van der Waals surface area contributed by atoms with E-state index in [1.165, 1.54) is 0 Å². The third kappa shape index (κ3) is 4.00. The van der Waals surface area contributed by atoms with Gasteiger partial charge in [0, 0.05) is 30.5 Å². The molecule has 6 nitrogen and oxygen atoms in total. The van der Waals surface area contributed by atoms with Crippen LogP contribution in [0.5, 0.6) is 11.5 Å². The van der Waals surface area contributed by atoms with Gasteiger partial charge in [-0.1, -0.05) is 0 Å². The summed E-state index contributed by atoms with van der Waals surface area (Å²) in [5, 5.41) is 11.6. The van der Waals surface area contributed by atoms with Crippen molar-refractivity contribution < 1.29 is 24.1 Å². The highest BCUT2D eigenvalue weighted by Gasteiger charge is 2.50. The molecule has 2 atom stereocenters. The van der Waals surface area contributed by atoms with Crippen LogP contribution in [-0.2, 0) is 10.3 Å². The minimum Gasteiger partial charge on any atom is -0.497 e. The molecule has 1 N–H and O–H groups in total. The molecule has 27 heavy (non-hydrogen) atoms. The molecule has 2 saturated heterocycles. The Morgan fingerprint density at radius 1 is 1.15 bits per heavy atom. The predicted molar refractivity (Wildman–Crippen MR) is 102 cm³/mol. The SMILES string of the molecule is COc1ccc(OC)c(C2(O)CC3CCCC(C2)N3C(=O)OC(C)(C)C)c1. The van der Waals surface area contributed by atoms with Gasteiger partial charge in [0.1, 0.15) is 17.1 Å². The number of fused-ring (bicyclic) bond motifs is 2. The van der Waals surface area contributed by atoms with Crippen molar-refractivity contribution in [1.29, 1.82) is 0 Å². The highest BCUT2D eigenvalue weighted by Crippen LogP contribution is 2.47. The molecule has 1 aromatic carbocycles. The number of hydrogen-bond donors (Lipinski definition) is 1. The molecular formula is C21H31NO5. The van der Waals surface area contributed by atoms with Gasteiger partial charge in [-0.25, -0.2) is 4.79 Å². The lowest BCUT2D eigenvalue weighted by Crippen LogP contribution is -2.59. The summed E-state index contributed by atoms with van der Waals surface area (Å²) < 4.78 is 16.5. The average Bonchev–Trinajstić information content (AvgIpc) is 2.58. The first-order valence-electron chi connectivity index (χ1n) is 9.63. The third-order valence-corrected chi connectivity index (χ3v) is 5.52. The largest absolute Gasteiger partial charge is 0.497 e. The second-order valence-electron chi connectivity index (χ2n) is 8.63.